The van der Waals surface area contributed by atoms with Crippen LogP contribution in [0.1, 0.15) is 128 Å². The minimum absolute atomic E-state index is 0.695. The third kappa shape index (κ3) is 8.30. The van der Waals surface area contributed by atoms with Crippen molar-refractivity contribution in [1.29, 1.82) is 0 Å². The average molecular weight is 739 g/mol. The van der Waals surface area contributed by atoms with E-state index in [1.807, 2.05) is 4.66 Å². The van der Waals surface area contributed by atoms with Crippen molar-refractivity contribution in [2.45, 2.75) is 172 Å². The minimum atomic E-state index is -2.23. The molecule has 51 heavy (non-hydrogen) atoms. The molecule has 0 radical (unpaired) electrons. The summed E-state index contributed by atoms with van der Waals surface area (Å²) in [4.78, 5) is 0. The van der Waals surface area contributed by atoms with Gasteiger partial charge in [0, 0.05) is 24.2 Å². The standard InChI is InChI=1S/C46H68N2P2Si/c1-51(2,3)46(50(43-33-19-8-20-34-43,44-35-21-9-22-36-44)45-37-23-10-24-38-45)49(47(39-25-11-4-12-26-39)40-27-13-5-14-28-40)48(41-29-15-6-16-30-41)42-31-17-7-18-32-42/h8-10,19-24,33-42H,4-7,11-18,25-32H2,1-3H3. The molecule has 0 amide bonds. The Bertz CT molecular complexity index is 1350. The molecular formula is C46H68N2P2Si. The summed E-state index contributed by atoms with van der Waals surface area (Å²) >= 11 is 0. The Morgan fingerprint density at radius 3 is 0.922 bits per heavy atom. The highest BCUT2D eigenvalue weighted by Crippen LogP contribution is 2.65. The van der Waals surface area contributed by atoms with Gasteiger partial charge in [-0.2, -0.15) is 0 Å². The zero-order valence-electron chi connectivity index (χ0n) is 32.4. The molecule has 2 nitrogen and oxygen atoms in total. The van der Waals surface area contributed by atoms with Crippen LogP contribution < -0.4 is 15.9 Å². The molecule has 0 heterocycles. The van der Waals surface area contributed by atoms with Crippen molar-refractivity contribution in [2.24, 2.45) is 0 Å². The van der Waals surface area contributed by atoms with Gasteiger partial charge in [0.25, 0.3) is 0 Å². The molecule has 4 aliphatic carbocycles. The van der Waals surface area contributed by atoms with Crippen LogP contribution in [0.25, 0.3) is 0 Å². The summed E-state index contributed by atoms with van der Waals surface area (Å²) in [5.74, 6) is 0. The van der Waals surface area contributed by atoms with E-state index in [0.717, 1.165) is 24.2 Å². The van der Waals surface area contributed by atoms with E-state index in [9.17, 15) is 0 Å². The first-order chi connectivity index (χ1) is 25.0. The smallest absolute Gasteiger partial charge is 0.0829 e. The Balaban J connectivity index is 1.65. The molecule has 4 saturated carbocycles. The van der Waals surface area contributed by atoms with Crippen LogP contribution >= 0.6 is 15.1 Å². The Hall–Kier alpha value is -1.47. The molecule has 7 rings (SSSR count). The molecule has 5 heteroatoms. The fraction of sp³-hybridized carbons (Fsp3) is 0.587. The van der Waals surface area contributed by atoms with Crippen LogP contribution in [0.3, 0.4) is 0 Å². The number of hydrogen-bond acceptors (Lipinski definition) is 2. The molecule has 0 bridgehead atoms. The van der Waals surface area contributed by atoms with Crippen LogP contribution in [0.2, 0.25) is 19.6 Å². The quantitative estimate of drug-likeness (QED) is 0.143. The first-order valence-corrected chi connectivity index (χ1v) is 27.8. The maximum absolute atomic E-state index is 3.42. The Morgan fingerprint density at radius 1 is 0.431 bits per heavy atom. The molecule has 276 valence electrons. The predicted octanol–water partition coefficient (Wildman–Crippen LogP) is 12.2. The molecule has 0 unspecified atom stereocenters. The first-order valence-electron chi connectivity index (χ1n) is 21.3. The molecule has 0 aliphatic heterocycles. The van der Waals surface area contributed by atoms with Crippen LogP contribution in [0.15, 0.2) is 91.0 Å². The van der Waals surface area contributed by atoms with Crippen molar-refractivity contribution in [1.82, 2.24) is 9.34 Å². The summed E-state index contributed by atoms with van der Waals surface area (Å²) in [6, 6.07) is 39.2. The van der Waals surface area contributed by atoms with Gasteiger partial charge in [0.05, 0.1) is 16.3 Å². The van der Waals surface area contributed by atoms with Gasteiger partial charge in [-0.3, -0.25) is 9.34 Å². The van der Waals surface area contributed by atoms with E-state index in [2.05, 4.69) is 120 Å². The second-order valence-electron chi connectivity index (χ2n) is 17.5. The normalized spacial score (nSPS) is 21.1. The van der Waals surface area contributed by atoms with E-state index in [0.29, 0.717) is 0 Å². The summed E-state index contributed by atoms with van der Waals surface area (Å²) in [6.07, 6.45) is 28.3. The summed E-state index contributed by atoms with van der Waals surface area (Å²) in [6.45, 7) is 6.11. The summed E-state index contributed by atoms with van der Waals surface area (Å²) in [5, 5.41) is 4.77. The molecule has 4 fully saturated rings. The van der Waals surface area contributed by atoms with E-state index in [1.54, 1.807) is 15.9 Å². The number of nitrogens with zero attached hydrogens (tertiary/aromatic N) is 2. The van der Waals surface area contributed by atoms with Gasteiger partial charge in [0.1, 0.15) is 0 Å². The predicted molar refractivity (Wildman–Crippen MR) is 232 cm³/mol. The molecule has 0 atom stereocenters. The van der Waals surface area contributed by atoms with Gasteiger partial charge in [-0.25, -0.2) is 0 Å². The van der Waals surface area contributed by atoms with Crippen molar-refractivity contribution < 1.29 is 0 Å². The van der Waals surface area contributed by atoms with Gasteiger partial charge in [-0.1, -0.05) is 188 Å². The van der Waals surface area contributed by atoms with Crippen LogP contribution in [0, 0.1) is 0 Å². The summed E-state index contributed by atoms with van der Waals surface area (Å²) < 4.78 is 8.89. The Labute approximate surface area is 315 Å². The molecule has 4 aliphatic rings. The average Bonchev–Trinajstić information content (AvgIpc) is 3.19. The fourth-order valence-corrected chi connectivity index (χ4v) is 28.0. The third-order valence-electron chi connectivity index (χ3n) is 12.8. The van der Waals surface area contributed by atoms with Gasteiger partial charge < -0.3 is 0 Å². The topological polar surface area (TPSA) is 6.48 Å². The van der Waals surface area contributed by atoms with Crippen LogP contribution in [-0.4, -0.2) is 46.2 Å². The van der Waals surface area contributed by atoms with Crippen LogP contribution in [0.5, 0.6) is 0 Å². The molecule has 3 aromatic rings. The Kier molecular flexibility index (Phi) is 13.2. The monoisotopic (exact) mass is 738 g/mol. The maximum atomic E-state index is 3.42. The summed E-state index contributed by atoms with van der Waals surface area (Å²) in [5.41, 5.74) is 0. The first kappa shape index (κ1) is 37.8. The zero-order valence-corrected chi connectivity index (χ0v) is 35.2. The van der Waals surface area contributed by atoms with Crippen molar-refractivity contribution in [2.75, 3.05) is 0 Å². The molecule has 3 aromatic carbocycles. The van der Waals surface area contributed by atoms with Crippen molar-refractivity contribution >= 4 is 43.8 Å². The Morgan fingerprint density at radius 2 is 0.686 bits per heavy atom. The molecule has 0 spiro atoms. The third-order valence-corrected chi connectivity index (χ3v) is 27.7. The lowest BCUT2D eigenvalue weighted by Gasteiger charge is -2.57. The van der Waals surface area contributed by atoms with Gasteiger partial charge in [0.2, 0.25) is 0 Å². The lowest BCUT2D eigenvalue weighted by molar-refractivity contribution is 0.136. The number of hydrogen-bond donors (Lipinski definition) is 0. The van der Waals surface area contributed by atoms with E-state index in [1.165, 1.54) is 128 Å². The van der Waals surface area contributed by atoms with E-state index in [-0.39, 0.29) is 0 Å². The van der Waals surface area contributed by atoms with Crippen molar-refractivity contribution in [3.63, 3.8) is 0 Å². The largest absolute Gasteiger partial charge is 0.261 e. The number of benzene rings is 3. The molecular weight excluding hydrogens is 671 g/mol. The highest BCUT2D eigenvalue weighted by molar-refractivity contribution is 8.10. The van der Waals surface area contributed by atoms with E-state index in [4.69, 9.17) is 0 Å². The highest BCUT2D eigenvalue weighted by atomic mass is 31.2. The van der Waals surface area contributed by atoms with Gasteiger partial charge >= 0.3 is 0 Å². The van der Waals surface area contributed by atoms with Gasteiger partial charge in [-0.05, 0) is 78.8 Å². The number of rotatable bonds is 11. The summed E-state index contributed by atoms with van der Waals surface area (Å²) in [7, 11) is -2.70. The second-order valence-corrected chi connectivity index (χ2v) is 29.0. The van der Waals surface area contributed by atoms with Gasteiger partial charge in [-0.15, -0.1) is 0 Å². The molecule has 0 aromatic heterocycles. The van der Waals surface area contributed by atoms with E-state index < -0.39 is 23.2 Å². The van der Waals surface area contributed by atoms with Crippen molar-refractivity contribution in [3.05, 3.63) is 91.0 Å². The van der Waals surface area contributed by atoms with Crippen molar-refractivity contribution in [3.8, 4) is 0 Å². The second kappa shape index (κ2) is 17.8. The van der Waals surface area contributed by atoms with Crippen LogP contribution in [-0.2, 0) is 0 Å². The minimum Gasteiger partial charge on any atom is -0.261 e. The highest BCUT2D eigenvalue weighted by Gasteiger charge is 2.50. The SMILES string of the molecule is C[Si](C)(C)C(P(N(C1CCCCC1)C1CCCCC1)N(C1CCCCC1)C1CCCCC1)=P(c1ccccc1)(c1ccccc1)c1ccccc1. The van der Waals surface area contributed by atoms with Gasteiger partial charge in [0.15, 0.2) is 0 Å². The molecule has 0 N–H and O–H groups in total. The van der Waals surface area contributed by atoms with Crippen LogP contribution in [0.4, 0.5) is 0 Å². The lowest BCUT2D eigenvalue weighted by atomic mass is 9.90. The zero-order chi connectivity index (χ0) is 35.1. The maximum Gasteiger partial charge on any atom is 0.0829 e. The van der Waals surface area contributed by atoms with E-state index >= 15 is 0 Å². The molecule has 0 saturated heterocycles. The lowest BCUT2D eigenvalue weighted by Crippen LogP contribution is -2.55. The fourth-order valence-electron chi connectivity index (χ4n) is 10.6.